The van der Waals surface area contributed by atoms with Crippen LogP contribution in [0.15, 0.2) is 0 Å². The Hall–Kier alpha value is 0.170. The quantitative estimate of drug-likeness (QED) is 0.0981. The monoisotopic (exact) mass is 360 g/mol. The molecule has 0 rings (SSSR count). The molecule has 0 aliphatic heterocycles. The van der Waals surface area contributed by atoms with E-state index in [4.69, 9.17) is 9.47 Å². The van der Waals surface area contributed by atoms with Crippen molar-refractivity contribution >= 4 is 24.0 Å². The molecule has 0 aromatic rings. The Morgan fingerprint density at radius 3 is 2.26 bits per heavy atom. The summed E-state index contributed by atoms with van der Waals surface area (Å²) in [4.78, 5) is 23.5. The van der Waals surface area contributed by atoms with Crippen LogP contribution in [-0.4, -0.2) is 30.4 Å². The number of hydrogen-bond donors (Lipinski definition) is 0. The molecule has 0 aromatic heterocycles. The number of carbonyl (C=O) groups excluding carboxylic acids is 2. The third-order valence-corrected chi connectivity index (χ3v) is 3.53. The minimum Gasteiger partial charge on any atom is -0.691 e. The topological polar surface area (TPSA) is 94.1 Å². The average molecular weight is 360 g/mol. The molecule has 0 saturated carbocycles. The molecule has 1 unspecified atom stereocenters. The summed E-state index contributed by atoms with van der Waals surface area (Å²) in [5.74, 6) is -1.16. The summed E-state index contributed by atoms with van der Waals surface area (Å²) in [5.41, 5.74) is 0. The van der Waals surface area contributed by atoms with Crippen molar-refractivity contribution in [3.05, 3.63) is 0 Å². The molecule has 0 spiro atoms. The van der Waals surface area contributed by atoms with E-state index in [1.54, 1.807) is 0 Å². The van der Waals surface area contributed by atoms with Gasteiger partial charge in [-0.1, -0.05) is 39.5 Å². The first-order chi connectivity index (χ1) is 10.7. The van der Waals surface area contributed by atoms with Gasteiger partial charge in [-0.15, -0.1) is 0 Å². The van der Waals surface area contributed by atoms with Crippen LogP contribution < -0.4 is 34.8 Å². The van der Waals surface area contributed by atoms with E-state index in [9.17, 15) is 14.8 Å². The van der Waals surface area contributed by atoms with Crippen molar-refractivity contribution in [1.29, 1.82) is 0 Å². The Balaban J connectivity index is 0. The van der Waals surface area contributed by atoms with Crippen molar-refractivity contribution < 1.29 is 63.2 Å². The van der Waals surface area contributed by atoms with E-state index >= 15 is 0 Å². The van der Waals surface area contributed by atoms with Gasteiger partial charge in [0.1, 0.15) is 5.25 Å². The van der Waals surface area contributed by atoms with E-state index in [2.05, 4.69) is 16.3 Å². The zero-order valence-corrected chi connectivity index (χ0v) is 17.0. The number of carbonyl (C=O) groups is 2. The van der Waals surface area contributed by atoms with Crippen LogP contribution in [0, 0.1) is 0 Å². The molecule has 0 heterocycles. The molecule has 0 aliphatic carbocycles. The fourth-order valence-electron chi connectivity index (χ4n) is 1.56. The second-order valence-electron chi connectivity index (χ2n) is 4.73. The maximum absolute atomic E-state index is 11.8. The standard InChI is InChI=1S/C14H26O7S.Na/c1-3-5-7-8-10-18-13(15)11-12(22-21-20-17)14(16)19-9-6-4-2;/h12,17H,3-11H2,1-2H3;/q;+1/p-1. The van der Waals surface area contributed by atoms with Crippen molar-refractivity contribution in [2.45, 2.75) is 64.0 Å². The second-order valence-corrected chi connectivity index (χ2v) is 5.62. The fraction of sp³-hybridized carbons (Fsp3) is 0.857. The van der Waals surface area contributed by atoms with Gasteiger partial charge in [0.15, 0.2) is 0 Å². The molecule has 9 heteroatoms. The van der Waals surface area contributed by atoms with Crippen LogP contribution in [0.5, 0.6) is 0 Å². The van der Waals surface area contributed by atoms with Crippen LogP contribution in [0.4, 0.5) is 0 Å². The van der Waals surface area contributed by atoms with Gasteiger partial charge >= 0.3 is 41.5 Å². The van der Waals surface area contributed by atoms with Gasteiger partial charge in [-0.2, -0.15) is 4.33 Å². The average Bonchev–Trinajstić information content (AvgIpc) is 2.51. The third kappa shape index (κ3) is 15.4. The van der Waals surface area contributed by atoms with Gasteiger partial charge in [-0.3, -0.25) is 14.6 Å². The largest absolute Gasteiger partial charge is 1.00 e. The number of esters is 2. The van der Waals surface area contributed by atoms with E-state index in [1.165, 1.54) is 0 Å². The maximum Gasteiger partial charge on any atom is 1.00 e. The molecule has 0 saturated heterocycles. The molecule has 0 amide bonds. The minimum absolute atomic E-state index is 0. The van der Waals surface area contributed by atoms with Crippen LogP contribution in [0.25, 0.3) is 0 Å². The molecular formula is C14H25NaO7S. The molecule has 130 valence electrons. The summed E-state index contributed by atoms with van der Waals surface area (Å²) < 4.78 is 14.2. The van der Waals surface area contributed by atoms with Crippen molar-refractivity contribution in [3.8, 4) is 0 Å². The van der Waals surface area contributed by atoms with Crippen molar-refractivity contribution in [3.63, 3.8) is 0 Å². The molecule has 1 atom stereocenters. The van der Waals surface area contributed by atoms with Crippen molar-refractivity contribution in [1.82, 2.24) is 0 Å². The summed E-state index contributed by atoms with van der Waals surface area (Å²) in [6.45, 7) is 4.64. The van der Waals surface area contributed by atoms with Crippen LogP contribution in [0.1, 0.15) is 58.8 Å². The first kappa shape index (κ1) is 25.4. The Bertz CT molecular complexity index is 305. The van der Waals surface area contributed by atoms with Crippen LogP contribution in [0.2, 0.25) is 0 Å². The van der Waals surface area contributed by atoms with Gasteiger partial charge in [-0.25, -0.2) is 0 Å². The fourth-order valence-corrected chi connectivity index (χ4v) is 2.03. The maximum atomic E-state index is 11.8. The smallest absolute Gasteiger partial charge is 0.691 e. The van der Waals surface area contributed by atoms with Gasteiger partial charge in [0, 0.05) is 12.0 Å². The SMILES string of the molecule is CCCCCCOC(=O)CC(SOO[O-])C(=O)OCCCC.[Na+]. The molecule has 0 radical (unpaired) electrons. The molecule has 7 nitrogen and oxygen atoms in total. The summed E-state index contributed by atoms with van der Waals surface area (Å²) in [7, 11) is 0. The van der Waals surface area contributed by atoms with Gasteiger partial charge in [-0.05, 0) is 12.8 Å². The van der Waals surface area contributed by atoms with Crippen LogP contribution in [0.3, 0.4) is 0 Å². The van der Waals surface area contributed by atoms with E-state index in [0.717, 1.165) is 38.5 Å². The zero-order chi connectivity index (χ0) is 16.6. The molecule has 0 aromatic carbocycles. The number of ether oxygens (including phenoxy) is 2. The van der Waals surface area contributed by atoms with E-state index < -0.39 is 17.2 Å². The summed E-state index contributed by atoms with van der Waals surface area (Å²) >= 11 is 0.453. The van der Waals surface area contributed by atoms with Gasteiger partial charge in [0.2, 0.25) is 0 Å². The first-order valence-corrected chi connectivity index (χ1v) is 8.40. The Morgan fingerprint density at radius 2 is 1.65 bits per heavy atom. The number of unbranched alkanes of at least 4 members (excludes halogenated alkanes) is 4. The van der Waals surface area contributed by atoms with Gasteiger partial charge in [0.05, 0.1) is 19.6 Å². The zero-order valence-electron chi connectivity index (χ0n) is 14.2. The summed E-state index contributed by atoms with van der Waals surface area (Å²) in [6, 6.07) is 0. The predicted molar refractivity (Wildman–Crippen MR) is 79.1 cm³/mol. The Labute approximate surface area is 164 Å². The normalized spacial score (nSPS) is 11.4. The Kier molecular flexibility index (Phi) is 20.4. The molecular weight excluding hydrogens is 335 g/mol. The van der Waals surface area contributed by atoms with E-state index in [0.29, 0.717) is 18.6 Å². The Morgan fingerprint density at radius 1 is 1.00 bits per heavy atom. The number of rotatable bonds is 14. The predicted octanol–water partition coefficient (Wildman–Crippen LogP) is -0.912. The van der Waals surface area contributed by atoms with Crippen molar-refractivity contribution in [2.24, 2.45) is 0 Å². The molecule has 0 fully saturated rings. The second kappa shape index (κ2) is 18.5. The minimum atomic E-state index is -0.978. The van der Waals surface area contributed by atoms with Crippen LogP contribution >= 0.6 is 12.0 Å². The third-order valence-electron chi connectivity index (χ3n) is 2.80. The molecule has 0 bridgehead atoms. The van der Waals surface area contributed by atoms with Crippen LogP contribution in [-0.2, 0) is 28.4 Å². The number of hydrogen-bond acceptors (Lipinski definition) is 8. The molecule has 23 heavy (non-hydrogen) atoms. The summed E-state index contributed by atoms with van der Waals surface area (Å²) in [5, 5.41) is 12.1. The van der Waals surface area contributed by atoms with Crippen molar-refractivity contribution in [2.75, 3.05) is 13.2 Å². The van der Waals surface area contributed by atoms with Gasteiger partial charge in [0.25, 0.3) is 0 Å². The summed E-state index contributed by atoms with van der Waals surface area (Å²) in [6.07, 6.45) is 5.35. The first-order valence-electron chi connectivity index (χ1n) is 7.59. The molecule has 0 N–H and O–H groups in total. The molecule has 0 aliphatic rings. The van der Waals surface area contributed by atoms with E-state index in [1.807, 2.05) is 6.92 Å². The van der Waals surface area contributed by atoms with E-state index in [-0.39, 0.29) is 42.6 Å². The van der Waals surface area contributed by atoms with Gasteiger partial charge < -0.3 is 14.7 Å².